The number of amides is 1. The largest absolute Gasteiger partial charge is 0.465 e. The van der Waals surface area contributed by atoms with Gasteiger partial charge in [-0.25, -0.2) is 4.79 Å². The summed E-state index contributed by atoms with van der Waals surface area (Å²) in [5.74, 6) is 0. The molecule has 2 rings (SSSR count). The number of hydrogen-bond acceptors (Lipinski definition) is 4. The van der Waals surface area contributed by atoms with E-state index in [0.717, 1.165) is 11.1 Å². The number of nitrogens with two attached hydrogens (primary N) is 2. The first-order valence-corrected chi connectivity index (χ1v) is 5.87. The van der Waals surface area contributed by atoms with Gasteiger partial charge in [0.25, 0.3) is 0 Å². The molecule has 1 aliphatic heterocycles. The second kappa shape index (κ2) is 4.73. The van der Waals surface area contributed by atoms with Gasteiger partial charge in [0.2, 0.25) is 0 Å². The number of rotatable bonds is 1. The number of carboxylic acid groups (broad SMARTS) is 1. The van der Waals surface area contributed by atoms with E-state index in [0.29, 0.717) is 31.0 Å². The average molecular weight is 250 g/mol. The van der Waals surface area contributed by atoms with E-state index in [9.17, 15) is 9.90 Å². The molecule has 1 aromatic rings. The number of carbonyl (C=O) groups is 1. The van der Waals surface area contributed by atoms with Crippen molar-refractivity contribution in [3.8, 4) is 0 Å². The molecule has 6 N–H and O–H groups in total. The Morgan fingerprint density at radius 2 is 2.17 bits per heavy atom. The fraction of sp³-hybridized carbons (Fsp3) is 0.417. The summed E-state index contributed by atoms with van der Waals surface area (Å²) in [6.45, 7) is 3.54. The van der Waals surface area contributed by atoms with E-state index in [1.165, 1.54) is 4.90 Å². The van der Waals surface area contributed by atoms with Crippen LogP contribution in [-0.4, -0.2) is 35.7 Å². The van der Waals surface area contributed by atoms with Crippen molar-refractivity contribution in [2.24, 2.45) is 0 Å². The topological polar surface area (TPSA) is 105 Å². The summed E-state index contributed by atoms with van der Waals surface area (Å²) in [4.78, 5) is 12.6. The molecule has 6 nitrogen and oxygen atoms in total. The third-order valence-corrected chi connectivity index (χ3v) is 3.39. The molecule has 98 valence electrons. The van der Waals surface area contributed by atoms with Crippen LogP contribution in [0, 0.1) is 6.92 Å². The van der Waals surface area contributed by atoms with Crippen molar-refractivity contribution in [3.63, 3.8) is 0 Å². The average Bonchev–Trinajstić information content (AvgIpc) is 2.36. The van der Waals surface area contributed by atoms with Gasteiger partial charge < -0.3 is 21.9 Å². The van der Waals surface area contributed by atoms with Crippen molar-refractivity contribution in [1.82, 2.24) is 10.2 Å². The maximum atomic E-state index is 11.2. The van der Waals surface area contributed by atoms with Gasteiger partial charge >= 0.3 is 6.09 Å². The minimum atomic E-state index is -0.931. The third-order valence-electron chi connectivity index (χ3n) is 3.39. The highest BCUT2D eigenvalue weighted by molar-refractivity contribution is 5.73. The smallest absolute Gasteiger partial charge is 0.407 e. The normalized spacial score (nSPS) is 19.8. The Balaban J connectivity index is 2.40. The van der Waals surface area contributed by atoms with Crippen molar-refractivity contribution >= 4 is 17.5 Å². The van der Waals surface area contributed by atoms with Crippen LogP contribution in [0.2, 0.25) is 0 Å². The van der Waals surface area contributed by atoms with Crippen LogP contribution in [0.4, 0.5) is 16.2 Å². The van der Waals surface area contributed by atoms with Crippen LogP contribution >= 0.6 is 0 Å². The van der Waals surface area contributed by atoms with Crippen molar-refractivity contribution in [2.75, 3.05) is 31.1 Å². The third kappa shape index (κ3) is 2.06. The number of aryl methyl sites for hydroxylation is 1. The monoisotopic (exact) mass is 250 g/mol. The van der Waals surface area contributed by atoms with Crippen molar-refractivity contribution in [2.45, 2.75) is 13.0 Å². The highest BCUT2D eigenvalue weighted by Crippen LogP contribution is 2.32. The Labute approximate surface area is 106 Å². The molecular weight excluding hydrogens is 232 g/mol. The molecule has 0 radical (unpaired) electrons. The van der Waals surface area contributed by atoms with Crippen molar-refractivity contribution in [3.05, 3.63) is 23.3 Å². The van der Waals surface area contributed by atoms with Crippen molar-refractivity contribution in [1.29, 1.82) is 0 Å². The molecule has 1 atom stereocenters. The molecule has 1 aliphatic rings. The van der Waals surface area contributed by atoms with Gasteiger partial charge in [0.15, 0.2) is 0 Å². The van der Waals surface area contributed by atoms with Gasteiger partial charge in [-0.05, 0) is 12.5 Å². The fourth-order valence-electron chi connectivity index (χ4n) is 2.26. The zero-order chi connectivity index (χ0) is 13.3. The number of hydrogen-bond donors (Lipinski definition) is 4. The summed E-state index contributed by atoms with van der Waals surface area (Å²) in [5, 5.41) is 12.4. The molecular formula is C12H18N4O2. The summed E-state index contributed by atoms with van der Waals surface area (Å²) < 4.78 is 0. The molecule has 1 saturated heterocycles. The van der Waals surface area contributed by atoms with E-state index in [4.69, 9.17) is 11.5 Å². The zero-order valence-electron chi connectivity index (χ0n) is 10.3. The molecule has 1 aromatic carbocycles. The fourth-order valence-corrected chi connectivity index (χ4v) is 2.26. The minimum Gasteiger partial charge on any atom is -0.465 e. The summed E-state index contributed by atoms with van der Waals surface area (Å²) in [5.41, 5.74) is 14.6. The molecule has 1 fully saturated rings. The second-order valence-electron chi connectivity index (χ2n) is 4.49. The maximum absolute atomic E-state index is 11.2. The lowest BCUT2D eigenvalue weighted by molar-refractivity contribution is 0.112. The van der Waals surface area contributed by atoms with Crippen LogP contribution in [0.15, 0.2) is 12.1 Å². The molecule has 0 saturated carbocycles. The zero-order valence-corrected chi connectivity index (χ0v) is 10.3. The summed E-state index contributed by atoms with van der Waals surface area (Å²) in [6.07, 6.45) is -0.931. The van der Waals surface area contributed by atoms with Crippen LogP contribution < -0.4 is 16.8 Å². The second-order valence-corrected chi connectivity index (χ2v) is 4.49. The number of nitrogen functional groups attached to an aromatic ring is 2. The highest BCUT2D eigenvalue weighted by atomic mass is 16.4. The molecule has 0 aliphatic carbocycles. The number of anilines is 2. The van der Waals surface area contributed by atoms with Gasteiger partial charge in [-0.1, -0.05) is 12.1 Å². The summed E-state index contributed by atoms with van der Waals surface area (Å²) >= 11 is 0. The summed E-state index contributed by atoms with van der Waals surface area (Å²) in [7, 11) is 0. The quantitative estimate of drug-likeness (QED) is 0.551. The number of benzene rings is 1. The lowest BCUT2D eigenvalue weighted by Gasteiger charge is -2.35. The van der Waals surface area contributed by atoms with E-state index < -0.39 is 6.09 Å². The van der Waals surface area contributed by atoms with Gasteiger partial charge in [0, 0.05) is 25.2 Å². The minimum absolute atomic E-state index is 0.279. The van der Waals surface area contributed by atoms with E-state index in [2.05, 4.69) is 5.32 Å². The first-order chi connectivity index (χ1) is 8.52. The molecule has 0 aromatic heterocycles. The lowest BCUT2D eigenvalue weighted by Crippen LogP contribution is -2.48. The first-order valence-electron chi connectivity index (χ1n) is 5.87. The van der Waals surface area contributed by atoms with Crippen LogP contribution in [0.25, 0.3) is 0 Å². The molecule has 6 heteroatoms. The van der Waals surface area contributed by atoms with Gasteiger partial charge in [0.05, 0.1) is 17.4 Å². The standard InChI is InChI=1S/C12H18N4O2/c1-7-2-3-8(11(14)10(7)13)9-6-15-4-5-16(9)12(17)18/h2-3,9,15H,4-6,13-14H2,1H3,(H,17,18). The van der Waals surface area contributed by atoms with Gasteiger partial charge in [0.1, 0.15) is 0 Å². The lowest BCUT2D eigenvalue weighted by atomic mass is 9.98. The Bertz CT molecular complexity index is 475. The molecule has 1 amide bonds. The van der Waals surface area contributed by atoms with Crippen LogP contribution in [0.5, 0.6) is 0 Å². The first kappa shape index (κ1) is 12.5. The maximum Gasteiger partial charge on any atom is 0.407 e. The van der Waals surface area contributed by atoms with E-state index in [1.807, 2.05) is 19.1 Å². The number of nitrogens with one attached hydrogen (secondary N) is 1. The number of piperazine rings is 1. The van der Waals surface area contributed by atoms with Crippen LogP contribution in [-0.2, 0) is 0 Å². The number of nitrogens with zero attached hydrogens (tertiary/aromatic N) is 1. The molecule has 0 bridgehead atoms. The van der Waals surface area contributed by atoms with E-state index >= 15 is 0 Å². The van der Waals surface area contributed by atoms with E-state index in [-0.39, 0.29) is 6.04 Å². The van der Waals surface area contributed by atoms with Gasteiger partial charge in [-0.2, -0.15) is 0 Å². The Morgan fingerprint density at radius 3 is 2.83 bits per heavy atom. The predicted octanol–water partition coefficient (Wildman–Crippen LogP) is 0.784. The van der Waals surface area contributed by atoms with E-state index in [1.54, 1.807) is 0 Å². The Kier molecular flexibility index (Phi) is 3.29. The van der Waals surface area contributed by atoms with Crippen LogP contribution in [0.3, 0.4) is 0 Å². The molecule has 0 spiro atoms. The molecule has 18 heavy (non-hydrogen) atoms. The van der Waals surface area contributed by atoms with Crippen LogP contribution in [0.1, 0.15) is 17.2 Å². The van der Waals surface area contributed by atoms with Crippen molar-refractivity contribution < 1.29 is 9.90 Å². The Morgan fingerprint density at radius 1 is 1.44 bits per heavy atom. The SMILES string of the molecule is Cc1ccc(C2CNCCN2C(=O)O)c(N)c1N. The molecule has 1 heterocycles. The summed E-state index contributed by atoms with van der Waals surface area (Å²) in [6, 6.07) is 3.45. The van der Waals surface area contributed by atoms with Gasteiger partial charge in [-0.3, -0.25) is 4.90 Å². The predicted molar refractivity (Wildman–Crippen MR) is 70.3 cm³/mol. The van der Waals surface area contributed by atoms with Gasteiger partial charge in [-0.15, -0.1) is 0 Å². The highest BCUT2D eigenvalue weighted by Gasteiger charge is 2.29. The molecule has 1 unspecified atom stereocenters. The Hall–Kier alpha value is -1.95.